The lowest BCUT2D eigenvalue weighted by atomic mass is 10.1. The van der Waals surface area contributed by atoms with E-state index in [0.717, 1.165) is 0 Å². The number of ether oxygens (including phenoxy) is 1. The first-order valence-electron chi connectivity index (χ1n) is 7.58. The van der Waals surface area contributed by atoms with Crippen LogP contribution in [0.2, 0.25) is 0 Å². The number of allylic oxidation sites excluding steroid dienone is 2. The Hall–Kier alpha value is -2.97. The van der Waals surface area contributed by atoms with E-state index in [-0.39, 0.29) is 18.4 Å². The third kappa shape index (κ3) is 6.58. The molecule has 1 atom stereocenters. The van der Waals surface area contributed by atoms with Gasteiger partial charge in [-0.15, -0.1) is 0 Å². The molecule has 0 N–H and O–H groups in total. The maximum absolute atomic E-state index is 11.6. The summed E-state index contributed by atoms with van der Waals surface area (Å²) in [4.78, 5) is 48.9. The van der Waals surface area contributed by atoms with E-state index in [0.29, 0.717) is 10.6 Å². The molecule has 1 unspecified atom stereocenters. The molecule has 1 heterocycles. The van der Waals surface area contributed by atoms with Crippen molar-refractivity contribution < 1.29 is 28.9 Å². The molecule has 9 heteroatoms. The minimum atomic E-state index is -1.33. The van der Waals surface area contributed by atoms with Crippen LogP contribution in [-0.4, -0.2) is 34.1 Å². The Labute approximate surface area is 145 Å². The van der Waals surface area contributed by atoms with E-state index in [1.54, 1.807) is 6.92 Å². The van der Waals surface area contributed by atoms with Crippen LogP contribution in [0.25, 0.3) is 0 Å². The fourth-order valence-electron chi connectivity index (χ4n) is 1.77. The Morgan fingerprint density at radius 3 is 2.16 bits per heavy atom. The highest BCUT2D eigenvalue weighted by Gasteiger charge is 2.34. The van der Waals surface area contributed by atoms with Crippen LogP contribution in [0, 0.1) is 10.1 Å². The SMILES string of the molecule is C=C(C)/C=C(\C(=C)[N+](=O)[O-])C(C)OC(=O)ON1C(=O)CCC1=O.CC. The molecule has 1 fully saturated rings. The molecule has 0 aromatic carbocycles. The van der Waals surface area contributed by atoms with Crippen molar-refractivity contribution >= 4 is 18.0 Å². The molecule has 25 heavy (non-hydrogen) atoms. The van der Waals surface area contributed by atoms with E-state index in [9.17, 15) is 24.5 Å². The second-order valence-corrected chi connectivity index (χ2v) is 4.83. The summed E-state index contributed by atoms with van der Waals surface area (Å²) >= 11 is 0. The van der Waals surface area contributed by atoms with Gasteiger partial charge in [0.05, 0.1) is 10.5 Å². The van der Waals surface area contributed by atoms with E-state index in [2.05, 4.69) is 18.0 Å². The predicted octanol–water partition coefficient (Wildman–Crippen LogP) is 2.91. The van der Waals surface area contributed by atoms with Gasteiger partial charge in [-0.05, 0) is 26.5 Å². The summed E-state index contributed by atoms with van der Waals surface area (Å²) in [5, 5.41) is 11.2. The van der Waals surface area contributed by atoms with Crippen LogP contribution in [-0.2, 0) is 19.2 Å². The van der Waals surface area contributed by atoms with E-state index in [4.69, 9.17) is 4.74 Å². The smallest absolute Gasteiger partial charge is 0.425 e. The largest absolute Gasteiger partial charge is 0.534 e. The fraction of sp³-hybridized carbons (Fsp3) is 0.438. The predicted molar refractivity (Wildman–Crippen MR) is 88.5 cm³/mol. The average molecular weight is 354 g/mol. The monoisotopic (exact) mass is 354 g/mol. The molecule has 1 rings (SSSR count). The van der Waals surface area contributed by atoms with Crippen molar-refractivity contribution in [2.45, 2.75) is 46.6 Å². The standard InChI is InChI=1S/C14H16N2O7.C2H6/c1-8(2)7-11(9(3)16(20)21)10(4)22-14(19)23-15-12(17)5-6-13(15)18;1-2/h7,10H,1,3,5-6H2,2,4H3;1-2H3/b11-7+;. The molecule has 2 amide bonds. The number of hydrogen-bond acceptors (Lipinski definition) is 7. The summed E-state index contributed by atoms with van der Waals surface area (Å²) in [6.07, 6.45) is -1.19. The van der Waals surface area contributed by atoms with E-state index in [1.807, 2.05) is 13.8 Å². The van der Waals surface area contributed by atoms with Gasteiger partial charge in [-0.3, -0.25) is 24.5 Å². The highest BCUT2D eigenvalue weighted by molar-refractivity contribution is 6.01. The number of carbonyl (C=O) groups is 3. The molecular formula is C16H22N2O7. The van der Waals surface area contributed by atoms with Crippen LogP contribution in [0.15, 0.2) is 36.1 Å². The van der Waals surface area contributed by atoms with Gasteiger partial charge in [-0.2, -0.15) is 0 Å². The normalized spacial score (nSPS) is 15.0. The van der Waals surface area contributed by atoms with E-state index >= 15 is 0 Å². The van der Waals surface area contributed by atoms with Gasteiger partial charge >= 0.3 is 6.16 Å². The maximum atomic E-state index is 11.6. The van der Waals surface area contributed by atoms with Crippen LogP contribution < -0.4 is 0 Å². The van der Waals surface area contributed by atoms with Crippen molar-refractivity contribution in [1.29, 1.82) is 0 Å². The average Bonchev–Trinajstić information content (AvgIpc) is 2.85. The lowest BCUT2D eigenvalue weighted by molar-refractivity contribution is -0.421. The first kappa shape index (κ1) is 22.0. The second kappa shape index (κ2) is 10.0. The molecule has 0 aromatic heterocycles. The summed E-state index contributed by atoms with van der Waals surface area (Å²) in [6, 6.07) is 0. The molecule has 0 aliphatic carbocycles. The van der Waals surface area contributed by atoms with Crippen LogP contribution in [0.1, 0.15) is 40.5 Å². The second-order valence-electron chi connectivity index (χ2n) is 4.83. The summed E-state index contributed by atoms with van der Waals surface area (Å²) < 4.78 is 4.86. The van der Waals surface area contributed by atoms with E-state index < -0.39 is 34.7 Å². The van der Waals surface area contributed by atoms with Crippen LogP contribution >= 0.6 is 0 Å². The zero-order valence-corrected chi connectivity index (χ0v) is 14.7. The Balaban J connectivity index is 0.00000277. The Kier molecular flexibility index (Phi) is 8.82. The highest BCUT2D eigenvalue weighted by atomic mass is 16.8. The fourth-order valence-corrected chi connectivity index (χ4v) is 1.77. The lowest BCUT2D eigenvalue weighted by Crippen LogP contribution is -2.33. The number of hydroxylamine groups is 2. The first-order valence-corrected chi connectivity index (χ1v) is 7.58. The third-order valence-corrected chi connectivity index (χ3v) is 2.84. The van der Waals surface area contributed by atoms with Crippen molar-refractivity contribution in [2.24, 2.45) is 0 Å². The highest BCUT2D eigenvalue weighted by Crippen LogP contribution is 2.20. The van der Waals surface area contributed by atoms with Crippen LogP contribution in [0.3, 0.4) is 0 Å². The first-order chi connectivity index (χ1) is 11.6. The molecular weight excluding hydrogens is 332 g/mol. The Morgan fingerprint density at radius 1 is 1.28 bits per heavy atom. The van der Waals surface area contributed by atoms with Gasteiger partial charge < -0.3 is 4.74 Å². The number of nitro groups is 1. The number of imide groups is 1. The zero-order chi connectivity index (χ0) is 19.7. The van der Waals surface area contributed by atoms with Gasteiger partial charge in [-0.25, -0.2) is 4.79 Å². The van der Waals surface area contributed by atoms with Gasteiger partial charge in [0.15, 0.2) is 0 Å². The molecule has 9 nitrogen and oxygen atoms in total. The zero-order valence-electron chi connectivity index (χ0n) is 14.7. The van der Waals surface area contributed by atoms with Crippen molar-refractivity contribution in [1.82, 2.24) is 5.06 Å². The molecule has 0 bridgehead atoms. The summed E-state index contributed by atoms with van der Waals surface area (Å²) in [5.41, 5.74) is 0.0249. The molecule has 0 radical (unpaired) electrons. The third-order valence-electron chi connectivity index (χ3n) is 2.84. The number of hydrogen-bond donors (Lipinski definition) is 0. The number of carbonyl (C=O) groups excluding carboxylic acids is 3. The summed E-state index contributed by atoms with van der Waals surface area (Å²) in [5.74, 6) is -1.32. The molecule has 138 valence electrons. The van der Waals surface area contributed by atoms with Crippen LogP contribution in [0.5, 0.6) is 0 Å². The molecule has 0 saturated carbocycles. The van der Waals surface area contributed by atoms with Crippen molar-refractivity contribution in [3.8, 4) is 0 Å². The quantitative estimate of drug-likeness (QED) is 0.237. The number of rotatable bonds is 6. The van der Waals surface area contributed by atoms with E-state index in [1.165, 1.54) is 13.0 Å². The lowest BCUT2D eigenvalue weighted by Gasteiger charge is -2.17. The van der Waals surface area contributed by atoms with Crippen LogP contribution in [0.4, 0.5) is 4.79 Å². The van der Waals surface area contributed by atoms with Crippen molar-refractivity contribution in [3.63, 3.8) is 0 Å². The van der Waals surface area contributed by atoms with Gasteiger partial charge in [-0.1, -0.05) is 31.1 Å². The minimum absolute atomic E-state index is 0.0125. The molecule has 0 spiro atoms. The maximum Gasteiger partial charge on any atom is 0.534 e. The molecule has 0 aromatic rings. The van der Waals surface area contributed by atoms with Crippen molar-refractivity contribution in [2.75, 3.05) is 0 Å². The topological polar surface area (TPSA) is 116 Å². The van der Waals surface area contributed by atoms with Crippen molar-refractivity contribution in [3.05, 3.63) is 46.2 Å². The minimum Gasteiger partial charge on any atom is -0.425 e. The summed E-state index contributed by atoms with van der Waals surface area (Å²) in [6.45, 7) is 13.9. The van der Waals surface area contributed by atoms with Gasteiger partial charge in [0.2, 0.25) is 0 Å². The summed E-state index contributed by atoms with van der Waals surface area (Å²) in [7, 11) is 0. The van der Waals surface area contributed by atoms with Gasteiger partial charge in [0, 0.05) is 12.8 Å². The van der Waals surface area contributed by atoms with Gasteiger partial charge in [0.25, 0.3) is 17.5 Å². The number of amides is 2. The number of nitrogens with zero attached hydrogens (tertiary/aromatic N) is 2. The Morgan fingerprint density at radius 2 is 1.76 bits per heavy atom. The molecule has 1 saturated heterocycles. The van der Waals surface area contributed by atoms with Gasteiger partial charge in [0.1, 0.15) is 6.10 Å². The molecule has 1 aliphatic rings. The molecule has 1 aliphatic heterocycles. The Bertz CT molecular complexity index is 606.